The van der Waals surface area contributed by atoms with E-state index in [0.29, 0.717) is 19.5 Å². The monoisotopic (exact) mass is 345 g/mol. The van der Waals surface area contributed by atoms with Crippen molar-refractivity contribution in [3.05, 3.63) is 35.4 Å². The molecule has 136 valence electrons. The third-order valence-electron chi connectivity index (χ3n) is 5.68. The van der Waals surface area contributed by atoms with Crippen LogP contribution in [0.15, 0.2) is 24.3 Å². The van der Waals surface area contributed by atoms with Gasteiger partial charge >= 0.3 is 5.97 Å². The Kier molecular flexibility index (Phi) is 5.39. The fourth-order valence-corrected chi connectivity index (χ4v) is 3.92. The van der Waals surface area contributed by atoms with E-state index in [1.54, 1.807) is 0 Å². The lowest BCUT2D eigenvalue weighted by molar-refractivity contribution is -0.139. The van der Waals surface area contributed by atoms with Crippen LogP contribution in [0.5, 0.6) is 0 Å². The summed E-state index contributed by atoms with van der Waals surface area (Å²) in [6.45, 7) is 5.51. The predicted octanol–water partition coefficient (Wildman–Crippen LogP) is 1.14. The smallest absolute Gasteiger partial charge is 0.320 e. The minimum absolute atomic E-state index is 0.0483. The number of piperidine rings is 1. The van der Waals surface area contributed by atoms with Gasteiger partial charge in [-0.1, -0.05) is 24.3 Å². The molecule has 2 aliphatic heterocycles. The van der Waals surface area contributed by atoms with Crippen LogP contribution in [0.4, 0.5) is 0 Å². The van der Waals surface area contributed by atoms with E-state index >= 15 is 0 Å². The molecule has 2 aliphatic rings. The molecule has 1 amide bonds. The molecule has 0 bridgehead atoms. The molecule has 3 N–H and O–H groups in total. The van der Waals surface area contributed by atoms with Crippen molar-refractivity contribution in [1.82, 2.24) is 15.5 Å². The number of carbonyl (C=O) groups excluding carboxylic acids is 1. The van der Waals surface area contributed by atoms with Crippen LogP contribution in [0.1, 0.15) is 30.4 Å². The summed E-state index contributed by atoms with van der Waals surface area (Å²) in [5.74, 6) is -0.706. The number of nitrogens with one attached hydrogen (secondary N) is 2. The molecular weight excluding hydrogens is 318 g/mol. The zero-order valence-electron chi connectivity index (χ0n) is 14.8. The van der Waals surface area contributed by atoms with Gasteiger partial charge in [0.1, 0.15) is 6.04 Å². The molecule has 25 heavy (non-hydrogen) atoms. The summed E-state index contributed by atoms with van der Waals surface area (Å²) in [6, 6.07) is 7.65. The number of carbonyl (C=O) groups is 2. The number of amides is 1. The van der Waals surface area contributed by atoms with Crippen molar-refractivity contribution in [2.45, 2.75) is 38.8 Å². The van der Waals surface area contributed by atoms with E-state index in [2.05, 4.69) is 15.5 Å². The average Bonchev–Trinajstić information content (AvgIpc) is 3.01. The molecule has 0 saturated carbocycles. The largest absolute Gasteiger partial charge is 0.480 e. The number of nitrogens with zero attached hydrogens (tertiary/aromatic N) is 1. The second kappa shape index (κ2) is 7.54. The zero-order chi connectivity index (χ0) is 17.9. The van der Waals surface area contributed by atoms with Gasteiger partial charge in [0.25, 0.3) is 0 Å². The Morgan fingerprint density at radius 2 is 2.04 bits per heavy atom. The molecule has 6 nitrogen and oxygen atoms in total. The SMILES string of the molecule is Cc1ccccc1CNC(=O)CN1CCC2(CC1)CN[C@H](C(=O)O)C2. The molecule has 1 aromatic carbocycles. The molecule has 3 rings (SSSR count). The van der Waals surface area contributed by atoms with Crippen LogP contribution in [0, 0.1) is 12.3 Å². The first-order valence-electron chi connectivity index (χ1n) is 8.97. The van der Waals surface area contributed by atoms with Gasteiger partial charge in [-0.3, -0.25) is 14.5 Å². The van der Waals surface area contributed by atoms with Gasteiger partial charge in [-0.2, -0.15) is 0 Å². The first-order valence-corrected chi connectivity index (χ1v) is 8.97. The van der Waals surface area contributed by atoms with Crippen molar-refractivity contribution in [3.63, 3.8) is 0 Å². The van der Waals surface area contributed by atoms with Crippen molar-refractivity contribution >= 4 is 11.9 Å². The highest BCUT2D eigenvalue weighted by molar-refractivity contribution is 5.78. The number of carboxylic acids is 1. The van der Waals surface area contributed by atoms with E-state index < -0.39 is 12.0 Å². The summed E-state index contributed by atoms with van der Waals surface area (Å²) < 4.78 is 0. The average molecular weight is 345 g/mol. The van der Waals surface area contributed by atoms with Crippen LogP contribution in [-0.2, 0) is 16.1 Å². The van der Waals surface area contributed by atoms with Gasteiger partial charge in [0.15, 0.2) is 0 Å². The van der Waals surface area contributed by atoms with Gasteiger partial charge < -0.3 is 15.7 Å². The lowest BCUT2D eigenvalue weighted by atomic mass is 9.76. The first kappa shape index (κ1) is 17.9. The number of benzene rings is 1. The maximum atomic E-state index is 12.2. The Labute approximate surface area is 148 Å². The fourth-order valence-electron chi connectivity index (χ4n) is 3.92. The number of hydrogen-bond donors (Lipinski definition) is 3. The zero-order valence-corrected chi connectivity index (χ0v) is 14.8. The van der Waals surface area contributed by atoms with E-state index in [4.69, 9.17) is 5.11 Å². The Bertz CT molecular complexity index is 639. The molecule has 6 heteroatoms. The molecular formula is C19H27N3O3. The summed E-state index contributed by atoms with van der Waals surface area (Å²) in [7, 11) is 0. The predicted molar refractivity (Wildman–Crippen MR) is 95.2 cm³/mol. The molecule has 2 saturated heterocycles. The molecule has 2 heterocycles. The van der Waals surface area contributed by atoms with Gasteiger partial charge in [0.05, 0.1) is 6.54 Å². The van der Waals surface area contributed by atoms with Crippen LogP contribution >= 0.6 is 0 Å². The highest BCUT2D eigenvalue weighted by Gasteiger charge is 2.43. The second-order valence-electron chi connectivity index (χ2n) is 7.46. The molecule has 1 atom stereocenters. The second-order valence-corrected chi connectivity index (χ2v) is 7.46. The number of rotatable bonds is 5. The fraction of sp³-hybridized carbons (Fsp3) is 0.579. The number of aliphatic carboxylic acids is 1. The van der Waals surface area contributed by atoms with Crippen molar-refractivity contribution in [3.8, 4) is 0 Å². The van der Waals surface area contributed by atoms with Gasteiger partial charge in [-0.05, 0) is 55.8 Å². The topological polar surface area (TPSA) is 81.7 Å². The minimum Gasteiger partial charge on any atom is -0.480 e. The van der Waals surface area contributed by atoms with Crippen LogP contribution in [0.3, 0.4) is 0 Å². The van der Waals surface area contributed by atoms with E-state index in [0.717, 1.165) is 38.0 Å². The summed E-state index contributed by atoms with van der Waals surface area (Å²) in [4.78, 5) is 25.5. The summed E-state index contributed by atoms with van der Waals surface area (Å²) in [6.07, 6.45) is 2.61. The molecule has 1 spiro atoms. The Balaban J connectivity index is 1.42. The quantitative estimate of drug-likeness (QED) is 0.746. The minimum atomic E-state index is -0.755. The van der Waals surface area contributed by atoms with Crippen LogP contribution < -0.4 is 10.6 Å². The van der Waals surface area contributed by atoms with Crippen molar-refractivity contribution in [2.24, 2.45) is 5.41 Å². The number of aryl methyl sites for hydroxylation is 1. The van der Waals surface area contributed by atoms with Gasteiger partial charge in [-0.25, -0.2) is 0 Å². The molecule has 1 aromatic rings. The van der Waals surface area contributed by atoms with Gasteiger partial charge in [-0.15, -0.1) is 0 Å². The summed E-state index contributed by atoms with van der Waals surface area (Å²) >= 11 is 0. The summed E-state index contributed by atoms with van der Waals surface area (Å²) in [5.41, 5.74) is 2.42. The third kappa shape index (κ3) is 4.38. The molecule has 2 fully saturated rings. The van der Waals surface area contributed by atoms with Crippen molar-refractivity contribution in [1.29, 1.82) is 0 Å². The van der Waals surface area contributed by atoms with Gasteiger partial charge in [0.2, 0.25) is 5.91 Å². The van der Waals surface area contributed by atoms with Crippen molar-refractivity contribution in [2.75, 3.05) is 26.2 Å². The van der Waals surface area contributed by atoms with Crippen LogP contribution in [-0.4, -0.2) is 54.1 Å². The maximum absolute atomic E-state index is 12.2. The third-order valence-corrected chi connectivity index (χ3v) is 5.68. The first-order chi connectivity index (χ1) is 12.0. The van der Waals surface area contributed by atoms with Crippen LogP contribution in [0.2, 0.25) is 0 Å². The highest BCUT2D eigenvalue weighted by atomic mass is 16.4. The van der Waals surface area contributed by atoms with E-state index in [1.165, 1.54) is 5.56 Å². The van der Waals surface area contributed by atoms with E-state index in [1.807, 2.05) is 31.2 Å². The molecule has 0 aromatic heterocycles. The Morgan fingerprint density at radius 1 is 1.32 bits per heavy atom. The maximum Gasteiger partial charge on any atom is 0.320 e. The van der Waals surface area contributed by atoms with Crippen molar-refractivity contribution < 1.29 is 14.7 Å². The molecule has 0 unspecified atom stereocenters. The van der Waals surface area contributed by atoms with E-state index in [-0.39, 0.29) is 11.3 Å². The highest BCUT2D eigenvalue weighted by Crippen LogP contribution is 2.39. The standard InChI is InChI=1S/C19H27N3O3/c1-14-4-2-3-5-15(14)11-20-17(23)12-22-8-6-19(7-9-22)10-16(18(24)25)21-13-19/h2-5,16,21H,6-13H2,1H3,(H,20,23)(H,24,25)/t16-/m0/s1. The number of likely N-dealkylation sites (tertiary alicyclic amines) is 1. The lowest BCUT2D eigenvalue weighted by Crippen LogP contribution is -2.45. The molecule has 0 aliphatic carbocycles. The molecule has 0 radical (unpaired) electrons. The van der Waals surface area contributed by atoms with E-state index in [9.17, 15) is 9.59 Å². The van der Waals surface area contributed by atoms with Crippen LogP contribution in [0.25, 0.3) is 0 Å². The normalized spacial score (nSPS) is 22.8. The Morgan fingerprint density at radius 3 is 2.68 bits per heavy atom. The number of carboxylic acid groups (broad SMARTS) is 1. The van der Waals surface area contributed by atoms with Gasteiger partial charge in [0, 0.05) is 13.1 Å². The Hall–Kier alpha value is -1.92. The number of hydrogen-bond acceptors (Lipinski definition) is 4. The summed E-state index contributed by atoms with van der Waals surface area (Å²) in [5, 5.41) is 15.3. The lowest BCUT2D eigenvalue weighted by Gasteiger charge is -2.38.